The van der Waals surface area contributed by atoms with Crippen LogP contribution >= 0.6 is 0 Å². The molecular weight excluding hydrogens is 262 g/mol. The molecule has 0 bridgehead atoms. The van der Waals surface area contributed by atoms with Crippen LogP contribution in [0.2, 0.25) is 0 Å². The molecule has 21 heavy (non-hydrogen) atoms. The van der Waals surface area contributed by atoms with Crippen LogP contribution in [0.3, 0.4) is 0 Å². The molecule has 1 aromatic heterocycles. The Morgan fingerprint density at radius 3 is 2.48 bits per heavy atom. The lowest BCUT2D eigenvalue weighted by Gasteiger charge is -2.26. The minimum absolute atomic E-state index is 0.490. The van der Waals surface area contributed by atoms with E-state index in [1.54, 1.807) is 0 Å². The number of nitrogens with one attached hydrogen (secondary N) is 1. The summed E-state index contributed by atoms with van der Waals surface area (Å²) in [6, 6.07) is 0.689. The van der Waals surface area contributed by atoms with E-state index in [0.717, 1.165) is 24.2 Å². The third-order valence-corrected chi connectivity index (χ3v) is 5.51. The van der Waals surface area contributed by atoms with Gasteiger partial charge >= 0.3 is 0 Å². The summed E-state index contributed by atoms with van der Waals surface area (Å²) in [4.78, 5) is 4.76. The molecule has 4 heteroatoms. The summed E-state index contributed by atoms with van der Waals surface area (Å²) in [6.07, 6.45) is 9.94. The Morgan fingerprint density at radius 2 is 1.81 bits per heavy atom. The summed E-state index contributed by atoms with van der Waals surface area (Å²) in [6.45, 7) is 5.54. The van der Waals surface area contributed by atoms with Gasteiger partial charge in [-0.2, -0.15) is 4.98 Å². The fourth-order valence-corrected chi connectivity index (χ4v) is 4.09. The van der Waals surface area contributed by atoms with Gasteiger partial charge in [-0.25, -0.2) is 0 Å². The van der Waals surface area contributed by atoms with Crippen LogP contribution in [0, 0.1) is 5.92 Å². The van der Waals surface area contributed by atoms with Crippen molar-refractivity contribution in [3.63, 3.8) is 0 Å². The van der Waals surface area contributed by atoms with E-state index in [4.69, 9.17) is 9.51 Å². The van der Waals surface area contributed by atoms with Gasteiger partial charge in [0.05, 0.1) is 0 Å². The third-order valence-electron chi connectivity index (χ3n) is 5.51. The van der Waals surface area contributed by atoms with Crippen LogP contribution in [0.4, 0.5) is 0 Å². The molecule has 1 heterocycles. The first kappa shape index (κ1) is 15.0. The van der Waals surface area contributed by atoms with Crippen LogP contribution in [0.1, 0.15) is 88.8 Å². The van der Waals surface area contributed by atoms with E-state index >= 15 is 0 Å². The Bertz CT molecular complexity index is 437. The first-order valence-electron chi connectivity index (χ1n) is 8.87. The summed E-state index contributed by atoms with van der Waals surface area (Å²) in [5.41, 5.74) is 0. The molecule has 2 fully saturated rings. The van der Waals surface area contributed by atoms with Crippen molar-refractivity contribution >= 4 is 0 Å². The smallest absolute Gasteiger partial charge is 0.229 e. The van der Waals surface area contributed by atoms with Crippen LogP contribution in [-0.2, 0) is 0 Å². The maximum atomic E-state index is 5.60. The summed E-state index contributed by atoms with van der Waals surface area (Å²) < 4.78 is 5.60. The molecule has 0 amide bonds. The molecule has 1 N–H and O–H groups in total. The van der Waals surface area contributed by atoms with Crippen molar-refractivity contribution in [2.75, 3.05) is 6.54 Å². The van der Waals surface area contributed by atoms with Gasteiger partial charge < -0.3 is 9.84 Å². The number of rotatable bonds is 5. The third kappa shape index (κ3) is 3.47. The van der Waals surface area contributed by atoms with Crippen LogP contribution < -0.4 is 5.32 Å². The minimum atomic E-state index is 0.490. The fourth-order valence-electron chi connectivity index (χ4n) is 4.09. The highest BCUT2D eigenvalue weighted by molar-refractivity contribution is 5.03. The van der Waals surface area contributed by atoms with E-state index < -0.39 is 0 Å². The first-order chi connectivity index (χ1) is 10.3. The molecule has 2 aliphatic rings. The molecule has 0 saturated heterocycles. The van der Waals surface area contributed by atoms with Gasteiger partial charge in [-0.3, -0.25) is 0 Å². The van der Waals surface area contributed by atoms with Crippen molar-refractivity contribution < 1.29 is 4.52 Å². The maximum Gasteiger partial charge on any atom is 0.229 e. The minimum Gasteiger partial charge on any atom is -0.339 e. The standard InChI is InChI=1S/C17H29N3O/c1-3-12-5-6-14(11-12)16-19-17(21-20-16)13-7-9-15(10-8-13)18-4-2/h12-15,18H,3-11H2,1-2H3. The van der Waals surface area contributed by atoms with Gasteiger partial charge in [-0.15, -0.1) is 0 Å². The van der Waals surface area contributed by atoms with E-state index in [9.17, 15) is 0 Å². The Labute approximate surface area is 128 Å². The molecule has 2 unspecified atom stereocenters. The zero-order chi connectivity index (χ0) is 14.7. The van der Waals surface area contributed by atoms with Gasteiger partial charge in [0.15, 0.2) is 5.82 Å². The summed E-state index contributed by atoms with van der Waals surface area (Å²) in [5, 5.41) is 7.85. The van der Waals surface area contributed by atoms with Gasteiger partial charge in [-0.1, -0.05) is 25.4 Å². The van der Waals surface area contributed by atoms with E-state index in [1.165, 1.54) is 51.4 Å². The van der Waals surface area contributed by atoms with E-state index in [-0.39, 0.29) is 0 Å². The second-order valence-corrected chi connectivity index (χ2v) is 6.88. The quantitative estimate of drug-likeness (QED) is 0.891. The lowest BCUT2D eigenvalue weighted by molar-refractivity contribution is 0.283. The SMILES string of the molecule is CCNC1CCC(c2nc(C3CCC(CC)C3)no2)CC1. The lowest BCUT2D eigenvalue weighted by Crippen LogP contribution is -2.32. The van der Waals surface area contributed by atoms with E-state index in [1.807, 2.05) is 0 Å². The zero-order valence-electron chi connectivity index (χ0n) is 13.5. The monoisotopic (exact) mass is 291 g/mol. The van der Waals surface area contributed by atoms with Crippen LogP contribution in [0.5, 0.6) is 0 Å². The van der Waals surface area contributed by atoms with E-state index in [2.05, 4.69) is 24.3 Å². The highest BCUT2D eigenvalue weighted by atomic mass is 16.5. The molecule has 0 aliphatic heterocycles. The van der Waals surface area contributed by atoms with Gasteiger partial charge in [0.2, 0.25) is 5.89 Å². The van der Waals surface area contributed by atoms with Crippen molar-refractivity contribution in [3.8, 4) is 0 Å². The lowest BCUT2D eigenvalue weighted by atomic mass is 9.86. The van der Waals surface area contributed by atoms with Crippen molar-refractivity contribution in [3.05, 3.63) is 11.7 Å². The molecule has 0 spiro atoms. The van der Waals surface area contributed by atoms with Gasteiger partial charge in [0.25, 0.3) is 0 Å². The Balaban J connectivity index is 1.56. The van der Waals surface area contributed by atoms with Crippen LogP contribution in [0.25, 0.3) is 0 Å². The summed E-state index contributed by atoms with van der Waals surface area (Å²) in [7, 11) is 0. The van der Waals surface area contributed by atoms with Crippen molar-refractivity contribution in [2.45, 2.75) is 83.1 Å². The Morgan fingerprint density at radius 1 is 1.05 bits per heavy atom. The molecule has 1 aromatic rings. The predicted octanol–water partition coefficient (Wildman–Crippen LogP) is 4.00. The molecular formula is C17H29N3O. The molecule has 118 valence electrons. The average Bonchev–Trinajstić information content (AvgIpc) is 3.17. The number of hydrogen-bond donors (Lipinski definition) is 1. The zero-order valence-corrected chi connectivity index (χ0v) is 13.5. The number of hydrogen-bond acceptors (Lipinski definition) is 4. The van der Waals surface area contributed by atoms with Gasteiger partial charge in [0.1, 0.15) is 0 Å². The van der Waals surface area contributed by atoms with Crippen molar-refractivity contribution in [1.82, 2.24) is 15.5 Å². The summed E-state index contributed by atoms with van der Waals surface area (Å²) >= 11 is 0. The average molecular weight is 291 g/mol. The Hall–Kier alpha value is -0.900. The maximum absolute atomic E-state index is 5.60. The molecule has 0 aromatic carbocycles. The molecule has 2 aliphatic carbocycles. The topological polar surface area (TPSA) is 51.0 Å². The Kier molecular flexibility index (Phi) is 4.94. The number of aromatic nitrogens is 2. The van der Waals surface area contributed by atoms with Crippen molar-refractivity contribution in [1.29, 1.82) is 0 Å². The van der Waals surface area contributed by atoms with Gasteiger partial charge in [0, 0.05) is 17.9 Å². The molecule has 0 radical (unpaired) electrons. The molecule has 2 atom stereocenters. The van der Waals surface area contributed by atoms with Gasteiger partial charge in [-0.05, 0) is 57.4 Å². The largest absolute Gasteiger partial charge is 0.339 e. The molecule has 2 saturated carbocycles. The predicted molar refractivity (Wildman–Crippen MR) is 83.3 cm³/mol. The summed E-state index contributed by atoms with van der Waals surface area (Å²) in [5.74, 6) is 3.79. The van der Waals surface area contributed by atoms with E-state index in [0.29, 0.717) is 17.9 Å². The molecule has 4 nitrogen and oxygen atoms in total. The van der Waals surface area contributed by atoms with Crippen LogP contribution in [-0.4, -0.2) is 22.7 Å². The highest BCUT2D eigenvalue weighted by Crippen LogP contribution is 2.39. The second kappa shape index (κ2) is 6.91. The number of nitrogens with zero attached hydrogens (tertiary/aromatic N) is 2. The van der Waals surface area contributed by atoms with Crippen molar-refractivity contribution in [2.24, 2.45) is 5.92 Å². The highest BCUT2D eigenvalue weighted by Gasteiger charge is 2.31. The first-order valence-corrected chi connectivity index (χ1v) is 8.87. The fraction of sp³-hybridized carbons (Fsp3) is 0.882. The molecule has 3 rings (SSSR count). The normalized spacial score (nSPS) is 33.4. The van der Waals surface area contributed by atoms with Crippen LogP contribution in [0.15, 0.2) is 4.52 Å². The second-order valence-electron chi connectivity index (χ2n) is 6.88.